The summed E-state index contributed by atoms with van der Waals surface area (Å²) < 4.78 is 0. The van der Waals surface area contributed by atoms with E-state index < -0.39 is 0 Å². The van der Waals surface area contributed by atoms with Gasteiger partial charge in [0.15, 0.2) is 0 Å². The third-order valence-electron chi connectivity index (χ3n) is 4.30. The van der Waals surface area contributed by atoms with Gasteiger partial charge in [-0.3, -0.25) is 4.79 Å². The zero-order chi connectivity index (χ0) is 12.8. The average Bonchev–Trinajstić information content (AvgIpc) is 3.13. The lowest BCUT2D eigenvalue weighted by atomic mass is 9.85. The van der Waals surface area contributed by atoms with Crippen LogP contribution in [0.15, 0.2) is 18.2 Å². The van der Waals surface area contributed by atoms with Crippen LogP contribution in [-0.2, 0) is 5.41 Å². The maximum Gasteiger partial charge on any atom is 0.256 e. The second kappa shape index (κ2) is 4.01. The first-order valence-corrected chi connectivity index (χ1v) is 6.86. The molecule has 1 heterocycles. The van der Waals surface area contributed by atoms with Gasteiger partial charge in [0.25, 0.3) is 5.91 Å². The van der Waals surface area contributed by atoms with Gasteiger partial charge in [-0.1, -0.05) is 25.5 Å². The summed E-state index contributed by atoms with van der Waals surface area (Å²) in [5, 5.41) is 0. The molecule has 18 heavy (non-hydrogen) atoms. The van der Waals surface area contributed by atoms with Crippen molar-refractivity contribution in [3.63, 3.8) is 0 Å². The van der Waals surface area contributed by atoms with Crippen LogP contribution in [0.1, 0.15) is 48.5 Å². The third-order valence-corrected chi connectivity index (χ3v) is 4.30. The van der Waals surface area contributed by atoms with Gasteiger partial charge in [-0.05, 0) is 30.9 Å². The van der Waals surface area contributed by atoms with E-state index in [1.54, 1.807) is 0 Å². The molecule has 96 valence electrons. The number of fused-ring (bicyclic) bond motifs is 2. The number of carbonyl (C=O) groups is 1. The van der Waals surface area contributed by atoms with Crippen molar-refractivity contribution < 1.29 is 4.79 Å². The molecule has 0 atom stereocenters. The van der Waals surface area contributed by atoms with Crippen LogP contribution in [0.3, 0.4) is 0 Å². The Balaban J connectivity index is 2.00. The Morgan fingerprint density at radius 1 is 1.39 bits per heavy atom. The fraction of sp³-hybridized carbons (Fsp3) is 0.533. The molecule has 0 saturated heterocycles. The van der Waals surface area contributed by atoms with E-state index >= 15 is 0 Å². The molecule has 3 heteroatoms. The lowest BCUT2D eigenvalue weighted by molar-refractivity contribution is 0.0711. The minimum atomic E-state index is 0.133. The van der Waals surface area contributed by atoms with Gasteiger partial charge in [-0.15, -0.1) is 0 Å². The lowest BCUT2D eigenvalue weighted by Gasteiger charge is -2.35. The maximum atomic E-state index is 12.5. The molecular weight excluding hydrogens is 224 g/mol. The largest absolute Gasteiger partial charge is 0.398 e. The first kappa shape index (κ1) is 11.6. The van der Waals surface area contributed by atoms with Crippen molar-refractivity contribution in [2.24, 2.45) is 0 Å². The normalized spacial score (nSPS) is 20.1. The van der Waals surface area contributed by atoms with Gasteiger partial charge in [0.05, 0.1) is 5.56 Å². The quantitative estimate of drug-likeness (QED) is 0.831. The zero-order valence-corrected chi connectivity index (χ0v) is 10.9. The number of benzene rings is 1. The van der Waals surface area contributed by atoms with E-state index in [4.69, 9.17) is 5.73 Å². The highest BCUT2D eigenvalue weighted by Gasteiger charge is 2.51. The molecule has 1 saturated carbocycles. The molecule has 0 bridgehead atoms. The van der Waals surface area contributed by atoms with Gasteiger partial charge in [-0.2, -0.15) is 0 Å². The second-order valence-electron chi connectivity index (χ2n) is 5.63. The second-order valence-corrected chi connectivity index (χ2v) is 5.63. The van der Waals surface area contributed by atoms with E-state index in [0.29, 0.717) is 5.69 Å². The smallest absolute Gasteiger partial charge is 0.256 e. The summed E-state index contributed by atoms with van der Waals surface area (Å²) in [6, 6.07) is 5.91. The molecule has 2 aliphatic rings. The third kappa shape index (κ3) is 1.61. The number of amides is 1. The van der Waals surface area contributed by atoms with Crippen LogP contribution in [0.25, 0.3) is 0 Å². The molecule has 1 aromatic carbocycles. The average molecular weight is 244 g/mol. The Morgan fingerprint density at radius 3 is 2.83 bits per heavy atom. The molecule has 1 spiro atoms. The summed E-state index contributed by atoms with van der Waals surface area (Å²) in [5.41, 5.74) is 8.87. The van der Waals surface area contributed by atoms with Crippen molar-refractivity contribution in [1.29, 1.82) is 0 Å². The number of nitrogens with zero attached hydrogens (tertiary/aromatic N) is 1. The summed E-state index contributed by atoms with van der Waals surface area (Å²) in [7, 11) is 0. The van der Waals surface area contributed by atoms with Crippen LogP contribution in [0.2, 0.25) is 0 Å². The highest BCUT2D eigenvalue weighted by molar-refractivity contribution is 6.02. The molecule has 1 amide bonds. The Kier molecular flexibility index (Phi) is 2.58. The summed E-state index contributed by atoms with van der Waals surface area (Å²) in [5.74, 6) is 0.133. The molecule has 3 rings (SSSR count). The number of nitrogens with two attached hydrogens (primary N) is 1. The number of nitrogen functional groups attached to an aromatic ring is 1. The molecule has 2 N–H and O–H groups in total. The fourth-order valence-electron chi connectivity index (χ4n) is 3.04. The summed E-state index contributed by atoms with van der Waals surface area (Å²) in [4.78, 5) is 14.5. The van der Waals surface area contributed by atoms with Crippen LogP contribution < -0.4 is 5.73 Å². The van der Waals surface area contributed by atoms with E-state index in [9.17, 15) is 4.79 Å². The Labute approximate surface area is 108 Å². The SMILES string of the molecule is CCCCN1CC2(CC2)c2cccc(N)c2C1=O. The molecule has 1 aromatic rings. The molecule has 3 nitrogen and oxygen atoms in total. The number of unbranched alkanes of at least 4 members (excludes halogenated alkanes) is 1. The topological polar surface area (TPSA) is 46.3 Å². The number of anilines is 1. The lowest BCUT2D eigenvalue weighted by Crippen LogP contribution is -2.44. The van der Waals surface area contributed by atoms with E-state index in [1.807, 2.05) is 17.0 Å². The zero-order valence-electron chi connectivity index (χ0n) is 10.9. The fourth-order valence-corrected chi connectivity index (χ4v) is 3.04. The molecule has 1 aliphatic heterocycles. The van der Waals surface area contributed by atoms with Gasteiger partial charge >= 0.3 is 0 Å². The van der Waals surface area contributed by atoms with E-state index in [1.165, 1.54) is 18.4 Å². The Bertz CT molecular complexity index is 491. The molecular formula is C15H20N2O. The number of rotatable bonds is 3. The molecule has 0 aromatic heterocycles. The molecule has 1 aliphatic carbocycles. The number of hydrogen-bond acceptors (Lipinski definition) is 2. The minimum Gasteiger partial charge on any atom is -0.398 e. The van der Waals surface area contributed by atoms with Crippen molar-refractivity contribution in [1.82, 2.24) is 4.90 Å². The first-order valence-electron chi connectivity index (χ1n) is 6.86. The van der Waals surface area contributed by atoms with Crippen LogP contribution >= 0.6 is 0 Å². The van der Waals surface area contributed by atoms with Crippen molar-refractivity contribution in [2.45, 2.75) is 38.0 Å². The standard InChI is InChI=1S/C15H20N2O/c1-2-3-9-17-10-15(7-8-15)11-5-4-6-12(16)13(11)14(17)18/h4-6H,2-3,7-10,16H2,1H3. The van der Waals surface area contributed by atoms with Crippen LogP contribution in [-0.4, -0.2) is 23.9 Å². The summed E-state index contributed by atoms with van der Waals surface area (Å²) in [6.07, 6.45) is 4.58. The van der Waals surface area contributed by atoms with E-state index in [2.05, 4.69) is 13.0 Å². The first-order chi connectivity index (χ1) is 8.68. The number of carbonyl (C=O) groups excluding carboxylic acids is 1. The Morgan fingerprint density at radius 2 is 2.17 bits per heavy atom. The number of hydrogen-bond donors (Lipinski definition) is 1. The predicted molar refractivity (Wildman–Crippen MR) is 72.6 cm³/mol. The van der Waals surface area contributed by atoms with E-state index in [0.717, 1.165) is 31.5 Å². The Hall–Kier alpha value is -1.51. The molecule has 0 radical (unpaired) electrons. The predicted octanol–water partition coefficient (Wildman–Crippen LogP) is 2.56. The maximum absolute atomic E-state index is 12.5. The van der Waals surface area contributed by atoms with Crippen LogP contribution in [0, 0.1) is 0 Å². The van der Waals surface area contributed by atoms with Gasteiger partial charge in [-0.25, -0.2) is 0 Å². The minimum absolute atomic E-state index is 0.133. The van der Waals surface area contributed by atoms with Gasteiger partial charge in [0, 0.05) is 24.2 Å². The summed E-state index contributed by atoms with van der Waals surface area (Å²) >= 11 is 0. The van der Waals surface area contributed by atoms with Gasteiger partial charge < -0.3 is 10.6 Å². The highest BCUT2D eigenvalue weighted by atomic mass is 16.2. The summed E-state index contributed by atoms with van der Waals surface area (Å²) in [6.45, 7) is 3.91. The van der Waals surface area contributed by atoms with Crippen molar-refractivity contribution in [3.8, 4) is 0 Å². The highest BCUT2D eigenvalue weighted by Crippen LogP contribution is 2.53. The van der Waals surface area contributed by atoms with Crippen molar-refractivity contribution in [2.75, 3.05) is 18.8 Å². The van der Waals surface area contributed by atoms with Gasteiger partial charge in [0.1, 0.15) is 0 Å². The van der Waals surface area contributed by atoms with Crippen LogP contribution in [0.4, 0.5) is 5.69 Å². The monoisotopic (exact) mass is 244 g/mol. The van der Waals surface area contributed by atoms with Crippen molar-refractivity contribution in [3.05, 3.63) is 29.3 Å². The van der Waals surface area contributed by atoms with E-state index in [-0.39, 0.29) is 11.3 Å². The molecule has 1 fully saturated rings. The molecule has 0 unspecified atom stereocenters. The van der Waals surface area contributed by atoms with Crippen LogP contribution in [0.5, 0.6) is 0 Å². The van der Waals surface area contributed by atoms with Crippen molar-refractivity contribution >= 4 is 11.6 Å². The van der Waals surface area contributed by atoms with Gasteiger partial charge in [0.2, 0.25) is 0 Å².